The second-order valence-corrected chi connectivity index (χ2v) is 5.64. The van der Waals surface area contributed by atoms with Crippen molar-refractivity contribution in [1.29, 1.82) is 5.26 Å². The molecule has 1 aromatic heterocycles. The predicted octanol–water partition coefficient (Wildman–Crippen LogP) is 4.32. The number of aromatic nitrogens is 1. The lowest BCUT2D eigenvalue weighted by molar-refractivity contribution is -0.116. The van der Waals surface area contributed by atoms with Crippen molar-refractivity contribution >= 4 is 11.6 Å². The highest BCUT2D eigenvalue weighted by Gasteiger charge is 2.06. The summed E-state index contributed by atoms with van der Waals surface area (Å²) in [7, 11) is 0. The fraction of sp³-hybridized carbons (Fsp3) is 0.0952. The van der Waals surface area contributed by atoms with Gasteiger partial charge in [-0.05, 0) is 54.4 Å². The number of hydrogen-bond acceptors (Lipinski definition) is 4. The normalized spacial score (nSPS) is 9.96. The Morgan fingerprint density at radius 1 is 1.08 bits per heavy atom. The number of hydrogen-bond donors (Lipinski definition) is 1. The Bertz CT molecular complexity index is 916. The number of ether oxygens (including phenoxy) is 1. The molecule has 5 nitrogen and oxygen atoms in total. The van der Waals surface area contributed by atoms with Gasteiger partial charge < -0.3 is 10.1 Å². The molecule has 0 fully saturated rings. The Morgan fingerprint density at radius 2 is 1.88 bits per heavy atom. The van der Waals surface area contributed by atoms with E-state index in [-0.39, 0.29) is 5.91 Å². The lowest BCUT2D eigenvalue weighted by Gasteiger charge is -2.09. The van der Waals surface area contributed by atoms with Gasteiger partial charge in [0.25, 0.3) is 0 Å². The Morgan fingerprint density at radius 3 is 2.62 bits per heavy atom. The summed E-state index contributed by atoms with van der Waals surface area (Å²) >= 11 is 0. The second kappa shape index (κ2) is 8.45. The molecule has 0 bridgehead atoms. The predicted molar refractivity (Wildman–Crippen MR) is 98.9 cm³/mol. The highest BCUT2D eigenvalue weighted by molar-refractivity contribution is 5.90. The number of para-hydroxylation sites is 1. The van der Waals surface area contributed by atoms with E-state index < -0.39 is 0 Å². The van der Waals surface area contributed by atoms with Gasteiger partial charge in [-0.1, -0.05) is 18.2 Å². The molecule has 0 aliphatic heterocycles. The lowest BCUT2D eigenvalue weighted by atomic mass is 10.1. The lowest BCUT2D eigenvalue weighted by Crippen LogP contribution is -2.12. The van der Waals surface area contributed by atoms with Crippen molar-refractivity contribution in [2.45, 2.75) is 12.8 Å². The Hall–Kier alpha value is -3.65. The van der Waals surface area contributed by atoms with Crippen molar-refractivity contribution in [3.8, 4) is 17.6 Å². The summed E-state index contributed by atoms with van der Waals surface area (Å²) in [4.78, 5) is 16.1. The van der Waals surface area contributed by atoms with Gasteiger partial charge in [0.2, 0.25) is 5.91 Å². The summed E-state index contributed by atoms with van der Waals surface area (Å²) in [5.74, 6) is 1.04. The fourth-order valence-electron chi connectivity index (χ4n) is 2.41. The number of benzene rings is 2. The van der Waals surface area contributed by atoms with Crippen molar-refractivity contribution in [3.05, 3.63) is 84.2 Å². The molecule has 0 aliphatic carbocycles. The van der Waals surface area contributed by atoms with Gasteiger partial charge in [-0.2, -0.15) is 5.26 Å². The smallest absolute Gasteiger partial charge is 0.224 e. The summed E-state index contributed by atoms with van der Waals surface area (Å²) in [5, 5.41) is 11.9. The van der Waals surface area contributed by atoms with Gasteiger partial charge in [-0.3, -0.25) is 9.78 Å². The molecule has 0 saturated carbocycles. The van der Waals surface area contributed by atoms with E-state index in [4.69, 9.17) is 10.00 Å². The molecule has 3 rings (SSSR count). The summed E-state index contributed by atoms with van der Waals surface area (Å²) in [6, 6.07) is 20.0. The van der Waals surface area contributed by atoms with Crippen LogP contribution in [0, 0.1) is 11.3 Å². The minimum atomic E-state index is -0.0580. The zero-order chi connectivity index (χ0) is 18.2. The third-order valence-corrected chi connectivity index (χ3v) is 3.74. The van der Waals surface area contributed by atoms with Crippen LogP contribution in [0.5, 0.6) is 11.5 Å². The van der Waals surface area contributed by atoms with Crippen LogP contribution in [0.2, 0.25) is 0 Å². The molecule has 26 heavy (non-hydrogen) atoms. The second-order valence-electron chi connectivity index (χ2n) is 5.64. The molecule has 0 spiro atoms. The molecule has 1 heterocycles. The minimum absolute atomic E-state index is 0.0580. The fourth-order valence-corrected chi connectivity index (χ4v) is 2.41. The van der Waals surface area contributed by atoms with Crippen LogP contribution < -0.4 is 10.1 Å². The van der Waals surface area contributed by atoms with Crippen molar-refractivity contribution in [3.63, 3.8) is 0 Å². The van der Waals surface area contributed by atoms with E-state index in [1.165, 1.54) is 0 Å². The Balaban J connectivity index is 1.56. The highest BCUT2D eigenvalue weighted by Crippen LogP contribution is 2.25. The average Bonchev–Trinajstić information content (AvgIpc) is 2.69. The van der Waals surface area contributed by atoms with Gasteiger partial charge in [0.1, 0.15) is 17.6 Å². The molecule has 128 valence electrons. The molecular weight excluding hydrogens is 326 g/mol. The van der Waals surface area contributed by atoms with Gasteiger partial charge in [0.05, 0.1) is 5.56 Å². The third kappa shape index (κ3) is 4.68. The molecule has 3 aromatic rings. The van der Waals surface area contributed by atoms with E-state index >= 15 is 0 Å². The topological polar surface area (TPSA) is 75.0 Å². The molecule has 2 aromatic carbocycles. The van der Waals surface area contributed by atoms with Crippen LogP contribution in [0.4, 0.5) is 5.69 Å². The quantitative estimate of drug-likeness (QED) is 0.723. The number of nitriles is 1. The van der Waals surface area contributed by atoms with E-state index in [1.807, 2.05) is 18.2 Å². The number of anilines is 1. The molecule has 1 amide bonds. The van der Waals surface area contributed by atoms with Crippen LogP contribution in [0.15, 0.2) is 73.1 Å². The van der Waals surface area contributed by atoms with E-state index in [0.717, 1.165) is 5.56 Å². The van der Waals surface area contributed by atoms with E-state index in [1.54, 1.807) is 54.9 Å². The summed E-state index contributed by atoms with van der Waals surface area (Å²) in [6.45, 7) is 0. The third-order valence-electron chi connectivity index (χ3n) is 3.74. The number of nitrogens with zero attached hydrogens (tertiary/aromatic N) is 2. The van der Waals surface area contributed by atoms with Crippen LogP contribution in [-0.2, 0) is 11.2 Å². The molecule has 1 N–H and O–H groups in total. The van der Waals surface area contributed by atoms with Gasteiger partial charge >= 0.3 is 0 Å². The zero-order valence-electron chi connectivity index (χ0n) is 14.1. The summed E-state index contributed by atoms with van der Waals surface area (Å²) in [5.41, 5.74) is 2.20. The summed E-state index contributed by atoms with van der Waals surface area (Å²) < 4.78 is 5.72. The maximum atomic E-state index is 12.0. The van der Waals surface area contributed by atoms with E-state index in [0.29, 0.717) is 35.6 Å². The Labute approximate surface area is 151 Å². The van der Waals surface area contributed by atoms with Gasteiger partial charge in [-0.15, -0.1) is 0 Å². The van der Waals surface area contributed by atoms with Gasteiger partial charge in [-0.25, -0.2) is 0 Å². The number of aryl methyl sites for hydroxylation is 1. The van der Waals surface area contributed by atoms with Crippen molar-refractivity contribution in [2.24, 2.45) is 0 Å². The standard InChI is InChI=1S/C21H17N3O2/c22-14-17-5-1-2-6-20(17)26-19-10-8-18(9-11-19)24-21(25)12-7-16-4-3-13-23-15-16/h1-6,8-11,13,15H,7,12H2,(H,24,25). The van der Waals surface area contributed by atoms with Crippen molar-refractivity contribution in [2.75, 3.05) is 5.32 Å². The first-order valence-corrected chi connectivity index (χ1v) is 8.20. The molecule has 0 saturated heterocycles. The molecule has 0 aliphatic rings. The molecule has 0 atom stereocenters. The molecule has 0 radical (unpaired) electrons. The van der Waals surface area contributed by atoms with Crippen molar-refractivity contribution < 1.29 is 9.53 Å². The average molecular weight is 343 g/mol. The number of amides is 1. The highest BCUT2D eigenvalue weighted by atomic mass is 16.5. The number of nitrogens with one attached hydrogen (secondary N) is 1. The molecule has 0 unspecified atom stereocenters. The van der Waals surface area contributed by atoms with Gasteiger partial charge in [0, 0.05) is 24.5 Å². The number of pyridine rings is 1. The minimum Gasteiger partial charge on any atom is -0.456 e. The first-order chi connectivity index (χ1) is 12.7. The SMILES string of the molecule is N#Cc1ccccc1Oc1ccc(NC(=O)CCc2cccnc2)cc1. The Kier molecular flexibility index (Phi) is 5.58. The van der Waals surface area contributed by atoms with Crippen molar-refractivity contribution in [1.82, 2.24) is 4.98 Å². The first-order valence-electron chi connectivity index (χ1n) is 8.20. The number of rotatable bonds is 6. The van der Waals surface area contributed by atoms with Crippen LogP contribution in [0.25, 0.3) is 0 Å². The molecular formula is C21H17N3O2. The summed E-state index contributed by atoms with van der Waals surface area (Å²) in [6.07, 6.45) is 4.51. The number of carbonyl (C=O) groups is 1. The van der Waals surface area contributed by atoms with Crippen LogP contribution in [0.1, 0.15) is 17.5 Å². The maximum absolute atomic E-state index is 12.0. The first kappa shape index (κ1) is 17.2. The van der Waals surface area contributed by atoms with E-state index in [2.05, 4.69) is 16.4 Å². The van der Waals surface area contributed by atoms with Crippen LogP contribution in [-0.4, -0.2) is 10.9 Å². The van der Waals surface area contributed by atoms with Gasteiger partial charge in [0.15, 0.2) is 0 Å². The number of carbonyl (C=O) groups excluding carboxylic acids is 1. The van der Waals surface area contributed by atoms with Crippen LogP contribution >= 0.6 is 0 Å². The van der Waals surface area contributed by atoms with Crippen LogP contribution in [0.3, 0.4) is 0 Å². The zero-order valence-corrected chi connectivity index (χ0v) is 14.1. The largest absolute Gasteiger partial charge is 0.456 e. The maximum Gasteiger partial charge on any atom is 0.224 e. The monoisotopic (exact) mass is 343 g/mol. The van der Waals surface area contributed by atoms with E-state index in [9.17, 15) is 4.79 Å². The molecule has 5 heteroatoms.